The van der Waals surface area contributed by atoms with Gasteiger partial charge < -0.3 is 4.89 Å². The molecule has 89 valence electrons. The van der Waals surface area contributed by atoms with Crippen LogP contribution in [0.2, 0.25) is 0 Å². The molecule has 0 bridgehead atoms. The van der Waals surface area contributed by atoms with Gasteiger partial charge in [0.25, 0.3) is 0 Å². The van der Waals surface area contributed by atoms with Crippen molar-refractivity contribution in [1.29, 1.82) is 0 Å². The van der Waals surface area contributed by atoms with Gasteiger partial charge in [0.1, 0.15) is 0 Å². The second-order valence-corrected chi connectivity index (χ2v) is 3.51. The van der Waals surface area contributed by atoms with E-state index < -0.39 is 5.97 Å². The summed E-state index contributed by atoms with van der Waals surface area (Å²) in [5.41, 5.74) is 0. The molecule has 1 radical (unpaired) electrons. The van der Waals surface area contributed by atoms with Crippen LogP contribution in [0.25, 0.3) is 0 Å². The lowest BCUT2D eigenvalue weighted by Crippen LogP contribution is -1.99. The molecule has 0 spiro atoms. The van der Waals surface area contributed by atoms with Crippen molar-refractivity contribution in [2.24, 2.45) is 0 Å². The molecule has 0 heterocycles. The summed E-state index contributed by atoms with van der Waals surface area (Å²) < 4.78 is 0. The lowest BCUT2D eigenvalue weighted by molar-refractivity contribution is -0.303. The maximum Gasteiger partial charge on any atom is 0.342 e. The normalized spacial score (nSPS) is 10.3. The molecule has 5 heteroatoms. The van der Waals surface area contributed by atoms with Crippen LogP contribution in [-0.4, -0.2) is 17.8 Å². The standard InChI is InChI=1S/C10H19O5/c11-10(15-13)8-6-4-2-1-3-5-7-9-14-12/h13H,1-9H2. The Labute approximate surface area is 89.9 Å². The van der Waals surface area contributed by atoms with E-state index in [1.165, 1.54) is 0 Å². The Balaban J connectivity index is 2.95. The minimum atomic E-state index is -0.567. The third kappa shape index (κ3) is 11.3. The molecule has 0 aliphatic heterocycles. The van der Waals surface area contributed by atoms with E-state index in [0.29, 0.717) is 6.61 Å². The van der Waals surface area contributed by atoms with Crippen molar-refractivity contribution in [3.63, 3.8) is 0 Å². The van der Waals surface area contributed by atoms with Crippen molar-refractivity contribution in [2.45, 2.75) is 51.4 Å². The van der Waals surface area contributed by atoms with E-state index in [2.05, 4.69) is 9.78 Å². The first-order valence-electron chi connectivity index (χ1n) is 5.40. The monoisotopic (exact) mass is 219 g/mol. The molecule has 15 heavy (non-hydrogen) atoms. The van der Waals surface area contributed by atoms with Crippen LogP contribution in [0, 0.1) is 0 Å². The van der Waals surface area contributed by atoms with Crippen molar-refractivity contribution in [3.05, 3.63) is 0 Å². The fourth-order valence-electron chi connectivity index (χ4n) is 1.36. The Morgan fingerprint density at radius 3 is 2.00 bits per heavy atom. The molecule has 0 aliphatic carbocycles. The molecule has 0 aromatic carbocycles. The van der Waals surface area contributed by atoms with Crippen LogP contribution in [0.1, 0.15) is 51.4 Å². The minimum absolute atomic E-state index is 0.278. The predicted octanol–water partition coefficient (Wildman–Crippen LogP) is 2.49. The number of hydrogen-bond donors (Lipinski definition) is 1. The molecule has 0 fully saturated rings. The van der Waals surface area contributed by atoms with E-state index in [9.17, 15) is 10.1 Å². The highest BCUT2D eigenvalue weighted by Crippen LogP contribution is 2.08. The van der Waals surface area contributed by atoms with Gasteiger partial charge in [0.05, 0.1) is 6.61 Å². The van der Waals surface area contributed by atoms with Crippen LogP contribution in [0.3, 0.4) is 0 Å². The lowest BCUT2D eigenvalue weighted by atomic mass is 10.1. The Morgan fingerprint density at radius 2 is 1.47 bits per heavy atom. The average molecular weight is 219 g/mol. The maximum absolute atomic E-state index is 10.5. The number of hydrogen-bond acceptors (Lipinski definition) is 4. The number of carbonyl (C=O) groups excluding carboxylic acids is 1. The van der Waals surface area contributed by atoms with Crippen LogP contribution in [0.4, 0.5) is 0 Å². The highest BCUT2D eigenvalue weighted by molar-refractivity contribution is 5.68. The van der Waals surface area contributed by atoms with Crippen LogP contribution < -0.4 is 0 Å². The second kappa shape index (κ2) is 11.4. The summed E-state index contributed by atoms with van der Waals surface area (Å²) in [6, 6.07) is 0. The summed E-state index contributed by atoms with van der Waals surface area (Å²) in [6.07, 6.45) is 7.09. The Kier molecular flexibility index (Phi) is 10.9. The molecule has 0 saturated heterocycles. The van der Waals surface area contributed by atoms with Crippen molar-refractivity contribution in [3.8, 4) is 0 Å². The molecule has 0 atom stereocenters. The first-order chi connectivity index (χ1) is 7.31. The van der Waals surface area contributed by atoms with Gasteiger partial charge in [-0.2, -0.15) is 5.26 Å². The third-order valence-electron chi connectivity index (χ3n) is 2.21. The van der Waals surface area contributed by atoms with Gasteiger partial charge in [0, 0.05) is 6.42 Å². The molecule has 0 unspecified atom stereocenters. The number of rotatable bonds is 10. The quantitative estimate of drug-likeness (QED) is 0.348. The zero-order valence-electron chi connectivity index (χ0n) is 8.94. The van der Waals surface area contributed by atoms with E-state index >= 15 is 0 Å². The SMILES string of the molecule is [O]OCCCCCCCCCC(=O)OO. The average Bonchev–Trinajstić information content (AvgIpc) is 2.26. The van der Waals surface area contributed by atoms with Gasteiger partial charge in [0.2, 0.25) is 0 Å². The van der Waals surface area contributed by atoms with E-state index in [4.69, 9.17) is 5.26 Å². The number of unbranched alkanes of at least 4 members (excludes halogenated alkanes) is 6. The molecule has 1 N–H and O–H groups in total. The molecular formula is C10H19O5. The fraction of sp³-hybridized carbons (Fsp3) is 0.900. The van der Waals surface area contributed by atoms with Crippen molar-refractivity contribution < 1.29 is 25.1 Å². The van der Waals surface area contributed by atoms with Gasteiger partial charge in [-0.3, -0.25) is 0 Å². The van der Waals surface area contributed by atoms with Gasteiger partial charge in [-0.05, 0) is 18.1 Å². The largest absolute Gasteiger partial charge is 0.342 e. The molecule has 0 aromatic rings. The lowest BCUT2D eigenvalue weighted by Gasteiger charge is -2.00. The van der Waals surface area contributed by atoms with Gasteiger partial charge in [-0.15, -0.1) is 0 Å². The highest BCUT2D eigenvalue weighted by atomic mass is 17.1. The highest BCUT2D eigenvalue weighted by Gasteiger charge is 2.00. The zero-order chi connectivity index (χ0) is 11.4. The van der Waals surface area contributed by atoms with E-state index in [-0.39, 0.29) is 6.42 Å². The van der Waals surface area contributed by atoms with Crippen molar-refractivity contribution in [1.82, 2.24) is 0 Å². The summed E-state index contributed by atoms with van der Waals surface area (Å²) in [5, 5.41) is 17.6. The minimum Gasteiger partial charge on any atom is -0.301 e. The summed E-state index contributed by atoms with van der Waals surface area (Å²) in [5.74, 6) is -0.567. The summed E-state index contributed by atoms with van der Waals surface area (Å²) in [7, 11) is 0. The predicted molar refractivity (Wildman–Crippen MR) is 52.3 cm³/mol. The zero-order valence-corrected chi connectivity index (χ0v) is 8.94. The van der Waals surface area contributed by atoms with E-state index in [1.807, 2.05) is 0 Å². The molecule has 0 amide bonds. The first kappa shape index (κ1) is 14.3. The molecule has 5 nitrogen and oxygen atoms in total. The second-order valence-electron chi connectivity index (χ2n) is 3.51. The van der Waals surface area contributed by atoms with E-state index in [1.54, 1.807) is 0 Å². The number of carbonyl (C=O) groups is 1. The van der Waals surface area contributed by atoms with Crippen LogP contribution in [-0.2, 0) is 19.8 Å². The van der Waals surface area contributed by atoms with Gasteiger partial charge in [-0.1, -0.05) is 32.1 Å². The van der Waals surface area contributed by atoms with Gasteiger partial charge in [0.15, 0.2) is 0 Å². The molecule has 0 aromatic heterocycles. The van der Waals surface area contributed by atoms with Crippen LogP contribution >= 0.6 is 0 Å². The van der Waals surface area contributed by atoms with Crippen molar-refractivity contribution >= 4 is 5.97 Å². The summed E-state index contributed by atoms with van der Waals surface area (Å²) in [4.78, 5) is 17.7. The van der Waals surface area contributed by atoms with E-state index in [0.717, 1.165) is 44.9 Å². The smallest absolute Gasteiger partial charge is 0.301 e. The van der Waals surface area contributed by atoms with Crippen LogP contribution in [0.5, 0.6) is 0 Å². The van der Waals surface area contributed by atoms with Gasteiger partial charge in [-0.25, -0.2) is 9.68 Å². The van der Waals surface area contributed by atoms with Crippen LogP contribution in [0.15, 0.2) is 0 Å². The Morgan fingerprint density at radius 1 is 0.933 bits per heavy atom. The maximum atomic E-state index is 10.5. The molecule has 0 rings (SSSR count). The Hall–Kier alpha value is -0.650. The molecular weight excluding hydrogens is 200 g/mol. The topological polar surface area (TPSA) is 75.7 Å². The van der Waals surface area contributed by atoms with Gasteiger partial charge >= 0.3 is 5.97 Å². The fourth-order valence-corrected chi connectivity index (χ4v) is 1.36. The Bertz CT molecular complexity index is 149. The third-order valence-corrected chi connectivity index (χ3v) is 2.21. The summed E-state index contributed by atoms with van der Waals surface area (Å²) >= 11 is 0. The summed E-state index contributed by atoms with van der Waals surface area (Å²) in [6.45, 7) is 0.294. The molecule has 0 saturated carbocycles. The first-order valence-corrected chi connectivity index (χ1v) is 5.40. The molecule has 0 aliphatic rings. The van der Waals surface area contributed by atoms with Crippen molar-refractivity contribution in [2.75, 3.05) is 6.61 Å².